The number of pyridine rings is 1. The topological polar surface area (TPSA) is 39.2 Å². The van der Waals surface area contributed by atoms with E-state index in [1.165, 1.54) is 11.3 Å². The summed E-state index contributed by atoms with van der Waals surface area (Å²) in [4.78, 5) is 17.3. The maximum atomic E-state index is 11.5. The van der Waals surface area contributed by atoms with Crippen LogP contribution in [0.15, 0.2) is 18.2 Å². The number of aryl methyl sites for hydroxylation is 1. The first kappa shape index (κ1) is 10.1. The van der Waals surface area contributed by atoms with Gasteiger partial charge in [0, 0.05) is 11.1 Å². The molecule has 78 valence electrons. The van der Waals surface area contributed by atoms with Gasteiger partial charge in [-0.05, 0) is 26.0 Å². The Labute approximate surface area is 91.7 Å². The Kier molecular flexibility index (Phi) is 2.68. The molecule has 2 aromatic heterocycles. The van der Waals surface area contributed by atoms with Gasteiger partial charge >= 0.3 is 5.97 Å². The normalized spacial score (nSPS) is 10.5. The summed E-state index contributed by atoms with van der Waals surface area (Å²) in [6.07, 6.45) is 0. The number of nitrogens with zero attached hydrogens (tertiary/aromatic N) is 1. The molecule has 15 heavy (non-hydrogen) atoms. The first-order chi connectivity index (χ1) is 7.20. The smallest absolute Gasteiger partial charge is 0.348 e. The molecule has 2 aromatic rings. The molecule has 0 atom stereocenters. The van der Waals surface area contributed by atoms with Gasteiger partial charge in [0.25, 0.3) is 0 Å². The monoisotopic (exact) mass is 221 g/mol. The van der Waals surface area contributed by atoms with Crippen LogP contribution >= 0.6 is 11.3 Å². The maximum Gasteiger partial charge on any atom is 0.348 e. The van der Waals surface area contributed by atoms with Crippen molar-refractivity contribution in [1.82, 2.24) is 4.98 Å². The van der Waals surface area contributed by atoms with Crippen LogP contribution in [0.4, 0.5) is 0 Å². The van der Waals surface area contributed by atoms with E-state index < -0.39 is 0 Å². The zero-order chi connectivity index (χ0) is 10.8. The summed E-state index contributed by atoms with van der Waals surface area (Å²) in [5.74, 6) is -0.266. The summed E-state index contributed by atoms with van der Waals surface area (Å²) >= 11 is 1.37. The molecular formula is C11H11NO2S. The predicted octanol–water partition coefficient (Wildman–Crippen LogP) is 2.78. The van der Waals surface area contributed by atoms with Gasteiger partial charge in [-0.1, -0.05) is 6.07 Å². The van der Waals surface area contributed by atoms with Crippen LogP contribution in [0.1, 0.15) is 22.3 Å². The second-order valence-electron chi connectivity index (χ2n) is 3.18. The lowest BCUT2D eigenvalue weighted by molar-refractivity contribution is 0.0532. The van der Waals surface area contributed by atoms with Crippen LogP contribution in [-0.2, 0) is 4.74 Å². The van der Waals surface area contributed by atoms with Gasteiger partial charge < -0.3 is 4.74 Å². The van der Waals surface area contributed by atoms with Gasteiger partial charge in [0.15, 0.2) is 0 Å². The molecule has 0 N–H and O–H groups in total. The molecule has 0 aliphatic heterocycles. The van der Waals surface area contributed by atoms with Crippen LogP contribution in [0.3, 0.4) is 0 Å². The van der Waals surface area contributed by atoms with E-state index in [2.05, 4.69) is 4.98 Å². The zero-order valence-electron chi connectivity index (χ0n) is 8.61. The lowest BCUT2D eigenvalue weighted by Crippen LogP contribution is -2.01. The van der Waals surface area contributed by atoms with Crippen LogP contribution in [0.5, 0.6) is 0 Å². The van der Waals surface area contributed by atoms with Crippen molar-refractivity contribution in [3.63, 3.8) is 0 Å². The van der Waals surface area contributed by atoms with Crippen molar-refractivity contribution < 1.29 is 9.53 Å². The van der Waals surface area contributed by atoms with Gasteiger partial charge in [-0.2, -0.15) is 0 Å². The molecule has 0 spiro atoms. The third-order valence-corrected chi connectivity index (χ3v) is 3.02. The summed E-state index contributed by atoms with van der Waals surface area (Å²) < 4.78 is 4.93. The van der Waals surface area contributed by atoms with Crippen molar-refractivity contribution in [3.8, 4) is 0 Å². The number of carbonyl (C=O) groups is 1. The summed E-state index contributed by atoms with van der Waals surface area (Å²) in [6, 6.07) is 5.73. The average Bonchev–Trinajstić information content (AvgIpc) is 2.60. The van der Waals surface area contributed by atoms with Crippen LogP contribution in [-0.4, -0.2) is 17.6 Å². The second kappa shape index (κ2) is 3.98. The third kappa shape index (κ3) is 1.99. The molecule has 0 aromatic carbocycles. The molecule has 4 heteroatoms. The van der Waals surface area contributed by atoms with Crippen molar-refractivity contribution in [2.75, 3.05) is 6.61 Å². The number of aromatic nitrogens is 1. The second-order valence-corrected chi connectivity index (χ2v) is 4.21. The lowest BCUT2D eigenvalue weighted by atomic mass is 10.3. The minimum atomic E-state index is -0.266. The van der Waals surface area contributed by atoms with Gasteiger partial charge in [-0.25, -0.2) is 9.78 Å². The van der Waals surface area contributed by atoms with Gasteiger partial charge in [-0.15, -0.1) is 11.3 Å². The Balaban J connectivity index is 2.42. The van der Waals surface area contributed by atoms with Crippen molar-refractivity contribution in [2.24, 2.45) is 0 Å². The van der Waals surface area contributed by atoms with Crippen LogP contribution in [0.25, 0.3) is 10.2 Å². The van der Waals surface area contributed by atoms with E-state index in [0.717, 1.165) is 15.9 Å². The molecule has 0 radical (unpaired) electrons. The number of hydrogen-bond donors (Lipinski definition) is 0. The number of thiophene rings is 1. The van der Waals surface area contributed by atoms with Gasteiger partial charge in [0.05, 0.1) is 6.61 Å². The number of hydrogen-bond acceptors (Lipinski definition) is 4. The highest BCUT2D eigenvalue weighted by atomic mass is 32.1. The Morgan fingerprint density at radius 2 is 2.33 bits per heavy atom. The maximum absolute atomic E-state index is 11.5. The molecule has 0 aliphatic carbocycles. The molecule has 0 unspecified atom stereocenters. The number of fused-ring (bicyclic) bond motifs is 1. The number of carbonyl (C=O) groups excluding carboxylic acids is 1. The molecule has 2 heterocycles. The van der Waals surface area contributed by atoms with E-state index in [4.69, 9.17) is 4.74 Å². The van der Waals surface area contributed by atoms with E-state index in [9.17, 15) is 4.79 Å². The number of rotatable bonds is 2. The number of esters is 1. The minimum Gasteiger partial charge on any atom is -0.462 e. The summed E-state index contributed by atoms with van der Waals surface area (Å²) in [5, 5.41) is 0.994. The summed E-state index contributed by atoms with van der Waals surface area (Å²) in [7, 11) is 0. The highest BCUT2D eigenvalue weighted by Gasteiger charge is 2.11. The fourth-order valence-electron chi connectivity index (χ4n) is 1.31. The van der Waals surface area contributed by atoms with Crippen molar-refractivity contribution >= 4 is 27.5 Å². The van der Waals surface area contributed by atoms with Gasteiger partial charge in [0.2, 0.25) is 0 Å². The molecule has 0 amide bonds. The highest BCUT2D eigenvalue weighted by molar-refractivity contribution is 7.20. The molecule has 0 saturated heterocycles. The Bertz CT molecular complexity index is 504. The summed E-state index contributed by atoms with van der Waals surface area (Å²) in [5.41, 5.74) is 0.958. The molecule has 0 fully saturated rings. The molecule has 0 aliphatic rings. The van der Waals surface area contributed by atoms with E-state index in [0.29, 0.717) is 11.5 Å². The quantitative estimate of drug-likeness (QED) is 0.732. The summed E-state index contributed by atoms with van der Waals surface area (Å²) in [6.45, 7) is 4.14. The van der Waals surface area contributed by atoms with Gasteiger partial charge in [-0.3, -0.25) is 0 Å². The SMILES string of the molecule is CCOC(=O)c1cc2ccc(C)nc2s1. The van der Waals surface area contributed by atoms with Crippen molar-refractivity contribution in [2.45, 2.75) is 13.8 Å². The van der Waals surface area contributed by atoms with Crippen LogP contribution in [0, 0.1) is 6.92 Å². The standard InChI is InChI=1S/C11H11NO2S/c1-3-14-11(13)9-6-8-5-4-7(2)12-10(8)15-9/h4-6H,3H2,1-2H3. The van der Waals surface area contributed by atoms with Crippen LogP contribution < -0.4 is 0 Å². The fourth-order valence-corrected chi connectivity index (χ4v) is 2.28. The first-order valence-electron chi connectivity index (χ1n) is 4.75. The highest BCUT2D eigenvalue weighted by Crippen LogP contribution is 2.24. The first-order valence-corrected chi connectivity index (χ1v) is 5.56. The number of ether oxygens (including phenoxy) is 1. The molecule has 0 saturated carbocycles. The Morgan fingerprint density at radius 3 is 3.07 bits per heavy atom. The molecule has 0 bridgehead atoms. The molecule has 2 rings (SSSR count). The average molecular weight is 221 g/mol. The lowest BCUT2D eigenvalue weighted by Gasteiger charge is -1.95. The third-order valence-electron chi connectivity index (χ3n) is 2.00. The Morgan fingerprint density at radius 1 is 1.53 bits per heavy atom. The van der Waals surface area contributed by atoms with Crippen molar-refractivity contribution in [3.05, 3.63) is 28.8 Å². The largest absolute Gasteiger partial charge is 0.462 e. The van der Waals surface area contributed by atoms with E-state index in [-0.39, 0.29) is 5.97 Å². The van der Waals surface area contributed by atoms with E-state index in [1.54, 1.807) is 6.92 Å². The van der Waals surface area contributed by atoms with Gasteiger partial charge in [0.1, 0.15) is 9.71 Å². The minimum absolute atomic E-state index is 0.266. The Hall–Kier alpha value is -1.42. The fraction of sp³-hybridized carbons (Fsp3) is 0.273. The molecular weight excluding hydrogens is 210 g/mol. The molecule has 3 nitrogen and oxygen atoms in total. The van der Waals surface area contributed by atoms with Crippen molar-refractivity contribution in [1.29, 1.82) is 0 Å². The zero-order valence-corrected chi connectivity index (χ0v) is 9.43. The van der Waals surface area contributed by atoms with E-state index in [1.807, 2.05) is 25.1 Å². The predicted molar refractivity (Wildman–Crippen MR) is 60.3 cm³/mol. The van der Waals surface area contributed by atoms with Crippen LogP contribution in [0.2, 0.25) is 0 Å². The van der Waals surface area contributed by atoms with E-state index >= 15 is 0 Å².